The lowest BCUT2D eigenvalue weighted by Gasteiger charge is -2.22. The molecule has 0 spiro atoms. The molecule has 0 unspecified atom stereocenters. The summed E-state index contributed by atoms with van der Waals surface area (Å²) in [5, 5.41) is 9.18. The van der Waals surface area contributed by atoms with Gasteiger partial charge in [-0.2, -0.15) is 0 Å². The van der Waals surface area contributed by atoms with Gasteiger partial charge in [-0.05, 0) is 38.6 Å². The molecule has 1 aromatic rings. The summed E-state index contributed by atoms with van der Waals surface area (Å²) in [6.45, 7) is 0.928. The van der Waals surface area contributed by atoms with Gasteiger partial charge in [0, 0.05) is 12.0 Å². The van der Waals surface area contributed by atoms with E-state index in [4.69, 9.17) is 0 Å². The number of carboxylic acid groups (broad SMARTS) is 1. The first-order chi connectivity index (χ1) is 7.55. The number of carboxylic acids is 1. The molecule has 1 aliphatic rings. The summed E-state index contributed by atoms with van der Waals surface area (Å²) in [5.41, 5.74) is 1.54. The molecule has 0 aromatic heterocycles. The summed E-state index contributed by atoms with van der Waals surface area (Å²) in [5.74, 6) is -0.819. The fourth-order valence-electron chi connectivity index (χ4n) is 2.40. The van der Waals surface area contributed by atoms with E-state index in [0.29, 0.717) is 5.56 Å². The average Bonchev–Trinajstić information content (AvgIpc) is 2.98. The number of benzene rings is 1. The SMILES string of the molecule is CN(C)CC1(c2ccccc2C(=O)O)CC1. The summed E-state index contributed by atoms with van der Waals surface area (Å²) < 4.78 is 0. The molecule has 2 rings (SSSR count). The van der Waals surface area contributed by atoms with Crippen LogP contribution in [0.1, 0.15) is 28.8 Å². The minimum Gasteiger partial charge on any atom is -0.478 e. The fourth-order valence-corrected chi connectivity index (χ4v) is 2.40. The van der Waals surface area contributed by atoms with Crippen molar-refractivity contribution < 1.29 is 9.90 Å². The minimum atomic E-state index is -0.819. The van der Waals surface area contributed by atoms with E-state index in [1.54, 1.807) is 12.1 Å². The molecule has 3 nitrogen and oxygen atoms in total. The molecule has 16 heavy (non-hydrogen) atoms. The summed E-state index contributed by atoms with van der Waals surface area (Å²) >= 11 is 0. The van der Waals surface area contributed by atoms with Crippen LogP contribution in [0.25, 0.3) is 0 Å². The third kappa shape index (κ3) is 1.95. The van der Waals surface area contributed by atoms with Crippen LogP contribution in [0.5, 0.6) is 0 Å². The zero-order valence-electron chi connectivity index (χ0n) is 9.73. The molecule has 0 heterocycles. The van der Waals surface area contributed by atoms with Gasteiger partial charge in [-0.15, -0.1) is 0 Å². The highest BCUT2D eigenvalue weighted by molar-refractivity contribution is 5.90. The minimum absolute atomic E-state index is 0.0818. The molecule has 3 heteroatoms. The van der Waals surface area contributed by atoms with Gasteiger partial charge < -0.3 is 10.0 Å². The van der Waals surface area contributed by atoms with Crippen molar-refractivity contribution in [2.24, 2.45) is 0 Å². The molecule has 0 amide bonds. The van der Waals surface area contributed by atoms with E-state index in [9.17, 15) is 9.90 Å². The van der Waals surface area contributed by atoms with E-state index in [1.807, 2.05) is 26.2 Å². The summed E-state index contributed by atoms with van der Waals surface area (Å²) in [6, 6.07) is 7.38. The predicted molar refractivity (Wildman–Crippen MR) is 62.9 cm³/mol. The molecule has 0 atom stereocenters. The smallest absolute Gasteiger partial charge is 0.335 e. The monoisotopic (exact) mass is 219 g/mol. The van der Waals surface area contributed by atoms with Crippen LogP contribution in [-0.2, 0) is 5.41 Å². The fraction of sp³-hybridized carbons (Fsp3) is 0.462. The van der Waals surface area contributed by atoms with Crippen LogP contribution in [0.15, 0.2) is 24.3 Å². The molecule has 0 bridgehead atoms. The topological polar surface area (TPSA) is 40.5 Å². The second kappa shape index (κ2) is 3.91. The number of aromatic carboxylic acids is 1. The van der Waals surface area contributed by atoms with Gasteiger partial charge in [0.15, 0.2) is 0 Å². The van der Waals surface area contributed by atoms with E-state index in [1.165, 1.54) is 0 Å². The van der Waals surface area contributed by atoms with Gasteiger partial charge in [0.05, 0.1) is 5.56 Å². The molecular formula is C13H17NO2. The van der Waals surface area contributed by atoms with Gasteiger partial charge in [-0.25, -0.2) is 4.79 Å². The van der Waals surface area contributed by atoms with Crippen molar-refractivity contribution in [1.29, 1.82) is 0 Å². The Hall–Kier alpha value is -1.35. The van der Waals surface area contributed by atoms with Crippen LogP contribution < -0.4 is 0 Å². The maximum atomic E-state index is 11.2. The quantitative estimate of drug-likeness (QED) is 0.841. The van der Waals surface area contributed by atoms with Gasteiger partial charge in [0.2, 0.25) is 0 Å². The zero-order chi connectivity index (χ0) is 11.8. The van der Waals surface area contributed by atoms with Gasteiger partial charge in [0.25, 0.3) is 0 Å². The first kappa shape index (κ1) is 11.1. The average molecular weight is 219 g/mol. The highest BCUT2D eigenvalue weighted by Crippen LogP contribution is 2.49. The standard InChI is InChI=1S/C13H17NO2/c1-14(2)9-13(7-8-13)11-6-4-3-5-10(11)12(15)16/h3-6H,7-9H2,1-2H3,(H,15,16). The Morgan fingerprint density at radius 2 is 2.00 bits per heavy atom. The molecule has 1 saturated carbocycles. The molecule has 1 aliphatic carbocycles. The molecule has 86 valence electrons. The van der Waals surface area contributed by atoms with Gasteiger partial charge in [-0.1, -0.05) is 18.2 Å². The zero-order valence-corrected chi connectivity index (χ0v) is 9.73. The second-order valence-corrected chi connectivity index (χ2v) is 4.87. The van der Waals surface area contributed by atoms with Crippen molar-refractivity contribution in [3.8, 4) is 0 Å². The second-order valence-electron chi connectivity index (χ2n) is 4.87. The molecule has 1 fully saturated rings. The summed E-state index contributed by atoms with van der Waals surface area (Å²) in [6.07, 6.45) is 2.19. The van der Waals surface area contributed by atoms with Crippen molar-refractivity contribution in [3.63, 3.8) is 0 Å². The van der Waals surface area contributed by atoms with E-state index in [0.717, 1.165) is 24.9 Å². The van der Waals surface area contributed by atoms with Crippen molar-refractivity contribution in [2.75, 3.05) is 20.6 Å². The van der Waals surface area contributed by atoms with Gasteiger partial charge >= 0.3 is 5.97 Å². The predicted octanol–water partition coefficient (Wildman–Crippen LogP) is 1.98. The lowest BCUT2D eigenvalue weighted by Crippen LogP contribution is -2.27. The van der Waals surface area contributed by atoms with Gasteiger partial charge in [0.1, 0.15) is 0 Å². The van der Waals surface area contributed by atoms with Crippen molar-refractivity contribution >= 4 is 5.97 Å². The van der Waals surface area contributed by atoms with E-state index >= 15 is 0 Å². The number of hydrogen-bond donors (Lipinski definition) is 1. The summed E-state index contributed by atoms with van der Waals surface area (Å²) in [4.78, 5) is 13.3. The first-order valence-electron chi connectivity index (χ1n) is 5.53. The third-order valence-corrected chi connectivity index (χ3v) is 3.20. The van der Waals surface area contributed by atoms with Crippen LogP contribution in [0.3, 0.4) is 0 Å². The Labute approximate surface area is 95.7 Å². The Kier molecular flexibility index (Phi) is 2.72. The van der Waals surface area contributed by atoms with Crippen LogP contribution >= 0.6 is 0 Å². The largest absolute Gasteiger partial charge is 0.478 e. The highest BCUT2D eigenvalue weighted by Gasteiger charge is 2.46. The van der Waals surface area contributed by atoms with Crippen molar-refractivity contribution in [2.45, 2.75) is 18.3 Å². The molecular weight excluding hydrogens is 202 g/mol. The number of likely N-dealkylation sites (N-methyl/N-ethyl adjacent to an activating group) is 1. The van der Waals surface area contributed by atoms with Crippen LogP contribution in [0.4, 0.5) is 0 Å². The van der Waals surface area contributed by atoms with E-state index in [2.05, 4.69) is 4.90 Å². The molecule has 0 aliphatic heterocycles. The Balaban J connectivity index is 2.36. The normalized spacial score (nSPS) is 17.4. The van der Waals surface area contributed by atoms with Crippen LogP contribution in [0.2, 0.25) is 0 Å². The lowest BCUT2D eigenvalue weighted by atomic mass is 9.91. The first-order valence-corrected chi connectivity index (χ1v) is 5.53. The summed E-state index contributed by atoms with van der Waals surface area (Å²) in [7, 11) is 4.06. The molecule has 1 aromatic carbocycles. The van der Waals surface area contributed by atoms with Crippen LogP contribution in [0, 0.1) is 0 Å². The number of carbonyl (C=O) groups is 1. The maximum Gasteiger partial charge on any atom is 0.335 e. The van der Waals surface area contributed by atoms with Crippen molar-refractivity contribution in [1.82, 2.24) is 4.90 Å². The molecule has 0 radical (unpaired) electrons. The number of nitrogens with zero attached hydrogens (tertiary/aromatic N) is 1. The van der Waals surface area contributed by atoms with E-state index < -0.39 is 5.97 Å². The van der Waals surface area contributed by atoms with Gasteiger partial charge in [-0.3, -0.25) is 0 Å². The maximum absolute atomic E-state index is 11.2. The highest BCUT2D eigenvalue weighted by atomic mass is 16.4. The molecule has 0 saturated heterocycles. The Bertz CT molecular complexity index is 408. The molecule has 1 N–H and O–H groups in total. The Morgan fingerprint density at radius 3 is 2.50 bits per heavy atom. The van der Waals surface area contributed by atoms with Crippen LogP contribution in [-0.4, -0.2) is 36.6 Å². The lowest BCUT2D eigenvalue weighted by molar-refractivity contribution is 0.0694. The van der Waals surface area contributed by atoms with E-state index in [-0.39, 0.29) is 5.41 Å². The van der Waals surface area contributed by atoms with Crippen molar-refractivity contribution in [3.05, 3.63) is 35.4 Å². The number of hydrogen-bond acceptors (Lipinski definition) is 2. The third-order valence-electron chi connectivity index (χ3n) is 3.20. The number of rotatable bonds is 4. The Morgan fingerprint density at radius 1 is 1.38 bits per heavy atom.